The van der Waals surface area contributed by atoms with Crippen molar-refractivity contribution in [3.05, 3.63) is 0 Å². The number of hydrogen-bond acceptors (Lipinski definition) is 5. The minimum atomic E-state index is -0.913. The van der Waals surface area contributed by atoms with Crippen molar-refractivity contribution in [3.8, 4) is 0 Å². The predicted molar refractivity (Wildman–Crippen MR) is 74.0 cm³/mol. The van der Waals surface area contributed by atoms with E-state index >= 15 is 0 Å². The highest BCUT2D eigenvalue weighted by molar-refractivity contribution is 8.00. The van der Waals surface area contributed by atoms with Crippen molar-refractivity contribution in [2.75, 3.05) is 44.4 Å². The second kappa shape index (κ2) is 7.72. The Morgan fingerprint density at radius 3 is 2.53 bits per heavy atom. The molecule has 7 heteroatoms. The number of nitrogens with one attached hydrogen (secondary N) is 1. The molecule has 0 atom stereocenters. The quantitative estimate of drug-likeness (QED) is 0.687. The fourth-order valence-corrected chi connectivity index (χ4v) is 2.25. The van der Waals surface area contributed by atoms with Gasteiger partial charge in [-0.2, -0.15) is 0 Å². The monoisotopic (exact) mass is 290 g/mol. The summed E-state index contributed by atoms with van der Waals surface area (Å²) >= 11 is 1.29. The molecule has 2 N–H and O–H groups in total. The Balaban J connectivity index is 2.12. The van der Waals surface area contributed by atoms with Crippen molar-refractivity contribution in [2.45, 2.75) is 19.4 Å². The molecule has 0 spiro atoms. The average molecular weight is 290 g/mol. The van der Waals surface area contributed by atoms with Crippen LogP contribution in [0.5, 0.6) is 0 Å². The number of ether oxygens (including phenoxy) is 1. The molecule has 1 rings (SSSR count). The molecule has 0 aromatic heterocycles. The maximum atomic E-state index is 11.8. The molecule has 1 aliphatic heterocycles. The van der Waals surface area contributed by atoms with Gasteiger partial charge < -0.3 is 20.1 Å². The van der Waals surface area contributed by atoms with Crippen molar-refractivity contribution >= 4 is 23.6 Å². The minimum Gasteiger partial charge on any atom is -0.389 e. The summed E-state index contributed by atoms with van der Waals surface area (Å²) in [6.07, 6.45) is 0. The van der Waals surface area contributed by atoms with E-state index in [1.165, 1.54) is 11.8 Å². The Bertz CT molecular complexity index is 311. The lowest BCUT2D eigenvalue weighted by atomic mass is 10.1. The molecule has 0 aromatic carbocycles. The van der Waals surface area contributed by atoms with Crippen LogP contribution in [0.1, 0.15) is 13.8 Å². The summed E-state index contributed by atoms with van der Waals surface area (Å²) < 4.78 is 5.17. The van der Waals surface area contributed by atoms with Crippen molar-refractivity contribution < 1.29 is 19.4 Å². The average Bonchev–Trinajstić information content (AvgIpc) is 2.36. The molecule has 1 saturated heterocycles. The highest BCUT2D eigenvalue weighted by atomic mass is 32.2. The maximum absolute atomic E-state index is 11.8. The van der Waals surface area contributed by atoms with Gasteiger partial charge in [0.2, 0.25) is 11.8 Å². The predicted octanol–water partition coefficient (Wildman–Crippen LogP) is -0.534. The summed E-state index contributed by atoms with van der Waals surface area (Å²) in [6.45, 7) is 5.90. The molecule has 0 unspecified atom stereocenters. The van der Waals surface area contributed by atoms with Gasteiger partial charge in [0.05, 0.1) is 30.3 Å². The van der Waals surface area contributed by atoms with Crippen LogP contribution in [0.15, 0.2) is 0 Å². The largest absolute Gasteiger partial charge is 0.389 e. The van der Waals surface area contributed by atoms with E-state index in [9.17, 15) is 14.7 Å². The fourth-order valence-electron chi connectivity index (χ4n) is 1.50. The number of amides is 2. The number of morpholine rings is 1. The number of rotatable bonds is 6. The van der Waals surface area contributed by atoms with Crippen LogP contribution in [-0.2, 0) is 14.3 Å². The number of nitrogens with zero attached hydrogens (tertiary/aromatic N) is 1. The molecule has 0 radical (unpaired) electrons. The van der Waals surface area contributed by atoms with Crippen molar-refractivity contribution in [2.24, 2.45) is 0 Å². The van der Waals surface area contributed by atoms with Gasteiger partial charge in [0.25, 0.3) is 0 Å². The van der Waals surface area contributed by atoms with Gasteiger partial charge in [0, 0.05) is 19.6 Å². The summed E-state index contributed by atoms with van der Waals surface area (Å²) in [7, 11) is 0. The third-order valence-corrected chi connectivity index (χ3v) is 3.46. The van der Waals surface area contributed by atoms with Gasteiger partial charge in [0.1, 0.15) is 0 Å². The van der Waals surface area contributed by atoms with E-state index in [1.54, 1.807) is 18.7 Å². The Morgan fingerprint density at radius 1 is 1.32 bits per heavy atom. The molecule has 1 aliphatic rings. The number of thioether (sulfide) groups is 1. The second-order valence-electron chi connectivity index (χ2n) is 5.08. The van der Waals surface area contributed by atoms with E-state index < -0.39 is 5.60 Å². The van der Waals surface area contributed by atoms with Crippen molar-refractivity contribution in [1.29, 1.82) is 0 Å². The van der Waals surface area contributed by atoms with Crippen LogP contribution in [0, 0.1) is 0 Å². The summed E-state index contributed by atoms with van der Waals surface area (Å²) in [4.78, 5) is 25.0. The molecule has 0 saturated carbocycles. The van der Waals surface area contributed by atoms with Crippen LogP contribution in [-0.4, -0.2) is 71.8 Å². The lowest BCUT2D eigenvalue weighted by Gasteiger charge is -2.26. The first-order chi connectivity index (χ1) is 8.88. The topological polar surface area (TPSA) is 78.9 Å². The Kier molecular flexibility index (Phi) is 6.60. The Morgan fingerprint density at radius 2 is 1.95 bits per heavy atom. The molecule has 6 nitrogen and oxygen atoms in total. The molecule has 0 bridgehead atoms. The summed E-state index contributed by atoms with van der Waals surface area (Å²) in [5.41, 5.74) is -0.913. The summed E-state index contributed by atoms with van der Waals surface area (Å²) in [6, 6.07) is 0. The first kappa shape index (κ1) is 16.3. The standard InChI is InChI=1S/C12H22N2O4S/c1-12(2,17)9-13-10(15)7-19-8-11(16)14-3-5-18-6-4-14/h17H,3-9H2,1-2H3,(H,13,15). The molecule has 1 heterocycles. The van der Waals surface area contributed by atoms with Crippen molar-refractivity contribution in [3.63, 3.8) is 0 Å². The lowest BCUT2D eigenvalue weighted by molar-refractivity contribution is -0.132. The number of carbonyl (C=O) groups is 2. The lowest BCUT2D eigenvalue weighted by Crippen LogP contribution is -2.42. The van der Waals surface area contributed by atoms with Gasteiger partial charge in [-0.05, 0) is 13.8 Å². The molecular formula is C12H22N2O4S. The molecule has 19 heavy (non-hydrogen) atoms. The van der Waals surface area contributed by atoms with Crippen LogP contribution in [0.3, 0.4) is 0 Å². The van der Waals surface area contributed by atoms with Crippen LogP contribution in [0.4, 0.5) is 0 Å². The van der Waals surface area contributed by atoms with E-state index in [2.05, 4.69) is 5.32 Å². The van der Waals surface area contributed by atoms with Gasteiger partial charge in [0.15, 0.2) is 0 Å². The van der Waals surface area contributed by atoms with Crippen molar-refractivity contribution in [1.82, 2.24) is 10.2 Å². The van der Waals surface area contributed by atoms with Crippen LogP contribution < -0.4 is 5.32 Å². The Hall–Kier alpha value is -0.790. The summed E-state index contributed by atoms with van der Waals surface area (Å²) in [5, 5.41) is 12.1. The van der Waals surface area contributed by atoms with Crippen LogP contribution >= 0.6 is 11.8 Å². The van der Waals surface area contributed by atoms with Gasteiger partial charge in [-0.3, -0.25) is 9.59 Å². The summed E-state index contributed by atoms with van der Waals surface area (Å²) in [5.74, 6) is 0.410. The fraction of sp³-hybridized carbons (Fsp3) is 0.833. The number of carbonyl (C=O) groups excluding carboxylic acids is 2. The van der Waals surface area contributed by atoms with Gasteiger partial charge in [-0.25, -0.2) is 0 Å². The van der Waals surface area contributed by atoms with E-state index in [1.807, 2.05) is 0 Å². The first-order valence-corrected chi connectivity index (χ1v) is 7.46. The minimum absolute atomic E-state index is 0.0450. The number of hydrogen-bond donors (Lipinski definition) is 2. The van der Waals surface area contributed by atoms with E-state index in [0.717, 1.165) is 0 Å². The third-order valence-electron chi connectivity index (χ3n) is 2.54. The SMILES string of the molecule is CC(C)(O)CNC(=O)CSCC(=O)N1CCOCC1. The van der Waals surface area contributed by atoms with E-state index in [-0.39, 0.29) is 24.1 Å². The van der Waals surface area contributed by atoms with E-state index in [0.29, 0.717) is 32.1 Å². The van der Waals surface area contributed by atoms with E-state index in [4.69, 9.17) is 4.74 Å². The highest BCUT2D eigenvalue weighted by Gasteiger charge is 2.17. The molecular weight excluding hydrogens is 268 g/mol. The zero-order chi connectivity index (χ0) is 14.3. The molecule has 110 valence electrons. The van der Waals surface area contributed by atoms with Crippen LogP contribution in [0.2, 0.25) is 0 Å². The number of aliphatic hydroxyl groups is 1. The zero-order valence-corrected chi connectivity index (χ0v) is 12.3. The smallest absolute Gasteiger partial charge is 0.232 e. The molecule has 0 aromatic rings. The van der Waals surface area contributed by atoms with Gasteiger partial charge in [-0.1, -0.05) is 0 Å². The van der Waals surface area contributed by atoms with Gasteiger partial charge in [-0.15, -0.1) is 11.8 Å². The van der Waals surface area contributed by atoms with Crippen LogP contribution in [0.25, 0.3) is 0 Å². The second-order valence-corrected chi connectivity index (χ2v) is 6.06. The molecule has 1 fully saturated rings. The zero-order valence-electron chi connectivity index (χ0n) is 11.5. The molecule has 0 aliphatic carbocycles. The molecule has 2 amide bonds. The van der Waals surface area contributed by atoms with Gasteiger partial charge >= 0.3 is 0 Å². The normalized spacial score (nSPS) is 16.3. The Labute approximate surface area is 117 Å². The maximum Gasteiger partial charge on any atom is 0.232 e. The third kappa shape index (κ3) is 7.39. The first-order valence-electron chi connectivity index (χ1n) is 6.31. The highest BCUT2D eigenvalue weighted by Crippen LogP contribution is 2.05.